The summed E-state index contributed by atoms with van der Waals surface area (Å²) in [4.78, 5) is 23.5. The van der Waals surface area contributed by atoms with E-state index in [2.05, 4.69) is 15.0 Å². The molecule has 25 heavy (non-hydrogen) atoms. The van der Waals surface area contributed by atoms with Crippen LogP contribution in [0.5, 0.6) is 0 Å². The first kappa shape index (κ1) is 19.3. The first-order valence-electron chi connectivity index (χ1n) is 7.83. The van der Waals surface area contributed by atoms with Gasteiger partial charge in [0.25, 0.3) is 0 Å². The van der Waals surface area contributed by atoms with Crippen molar-refractivity contribution in [3.8, 4) is 0 Å². The van der Waals surface area contributed by atoms with Crippen LogP contribution in [-0.2, 0) is 5.75 Å². The molecule has 0 bridgehead atoms. The molecule has 1 aromatic heterocycles. The van der Waals surface area contributed by atoms with Crippen LogP contribution in [0.3, 0.4) is 0 Å². The quantitative estimate of drug-likeness (QED) is 0.627. The lowest BCUT2D eigenvalue weighted by atomic mass is 10.2. The van der Waals surface area contributed by atoms with Gasteiger partial charge >= 0.3 is 12.0 Å². The van der Waals surface area contributed by atoms with Gasteiger partial charge < -0.3 is 10.4 Å². The predicted octanol–water partition coefficient (Wildman–Crippen LogP) is 4.22. The smallest absolute Gasteiger partial charge is 0.341 e. The molecule has 8 heteroatoms. The van der Waals surface area contributed by atoms with Gasteiger partial charge in [0.2, 0.25) is 0 Å². The van der Waals surface area contributed by atoms with E-state index in [0.29, 0.717) is 23.2 Å². The molecule has 0 aliphatic carbocycles. The van der Waals surface area contributed by atoms with Crippen LogP contribution in [0, 0.1) is 12.8 Å². The van der Waals surface area contributed by atoms with Gasteiger partial charge in [-0.2, -0.15) is 4.37 Å². The number of carbonyl (C=O) groups excluding carboxylic acids is 1. The number of carboxylic acids is 1. The number of aromatic nitrogens is 1. The molecule has 2 rings (SSSR count). The molecular weight excluding hydrogens is 358 g/mol. The standard InChI is InChI=1S/C17H21N3O3S2/c1-10(2)8-18-17(23)19-14-13(16(21)22)15(20-25-14)24-9-12-6-4-11(3)5-7-12/h4-7,10H,8-9H2,1-3H3,(H,21,22)(H2,18,19,23). The lowest BCUT2D eigenvalue weighted by Crippen LogP contribution is -2.31. The average molecular weight is 380 g/mol. The SMILES string of the molecule is Cc1ccc(CSc2nsc(NC(=O)NCC(C)C)c2C(=O)O)cc1. The van der Waals surface area contributed by atoms with Gasteiger partial charge in [0.1, 0.15) is 15.6 Å². The van der Waals surface area contributed by atoms with Crippen molar-refractivity contribution >= 4 is 40.3 Å². The Hall–Kier alpha value is -2.06. The molecule has 0 saturated carbocycles. The third-order valence-corrected chi connectivity index (χ3v) is 5.19. The van der Waals surface area contributed by atoms with Crippen molar-refractivity contribution in [1.29, 1.82) is 0 Å². The number of hydrogen-bond donors (Lipinski definition) is 3. The highest BCUT2D eigenvalue weighted by Gasteiger charge is 2.22. The predicted molar refractivity (Wildman–Crippen MR) is 102 cm³/mol. The molecule has 2 aromatic rings. The molecule has 0 atom stereocenters. The Morgan fingerprint density at radius 1 is 1.28 bits per heavy atom. The van der Waals surface area contributed by atoms with E-state index < -0.39 is 12.0 Å². The van der Waals surface area contributed by atoms with Crippen LogP contribution in [0.4, 0.5) is 9.80 Å². The third-order valence-electron chi connectivity index (χ3n) is 3.27. The maximum absolute atomic E-state index is 11.9. The molecule has 0 fully saturated rings. The van der Waals surface area contributed by atoms with Gasteiger partial charge in [-0.1, -0.05) is 55.4 Å². The van der Waals surface area contributed by atoms with Crippen LogP contribution in [0.15, 0.2) is 29.3 Å². The molecule has 0 radical (unpaired) electrons. The van der Waals surface area contributed by atoms with Crippen molar-refractivity contribution < 1.29 is 14.7 Å². The number of aryl methyl sites for hydroxylation is 1. The second-order valence-electron chi connectivity index (χ2n) is 6.00. The summed E-state index contributed by atoms with van der Waals surface area (Å²) in [6, 6.07) is 7.62. The fraction of sp³-hybridized carbons (Fsp3) is 0.353. The summed E-state index contributed by atoms with van der Waals surface area (Å²) in [6.45, 7) is 6.50. The number of thioether (sulfide) groups is 1. The van der Waals surface area contributed by atoms with Crippen molar-refractivity contribution in [1.82, 2.24) is 9.69 Å². The van der Waals surface area contributed by atoms with Gasteiger partial charge in [0.15, 0.2) is 0 Å². The lowest BCUT2D eigenvalue weighted by Gasteiger charge is -2.08. The number of anilines is 1. The molecule has 0 saturated heterocycles. The van der Waals surface area contributed by atoms with Gasteiger partial charge in [0.05, 0.1) is 0 Å². The number of aromatic carboxylic acids is 1. The molecule has 2 amide bonds. The average Bonchev–Trinajstić information content (AvgIpc) is 2.95. The first-order valence-corrected chi connectivity index (χ1v) is 9.59. The van der Waals surface area contributed by atoms with E-state index in [1.807, 2.05) is 45.0 Å². The monoisotopic (exact) mass is 379 g/mol. The van der Waals surface area contributed by atoms with E-state index in [4.69, 9.17) is 0 Å². The number of urea groups is 1. The Morgan fingerprint density at radius 2 is 1.96 bits per heavy atom. The minimum absolute atomic E-state index is 0.0433. The summed E-state index contributed by atoms with van der Waals surface area (Å²) in [5.41, 5.74) is 2.30. The summed E-state index contributed by atoms with van der Waals surface area (Å²) in [6.07, 6.45) is 0. The van der Waals surface area contributed by atoms with Crippen LogP contribution in [0.2, 0.25) is 0 Å². The van der Waals surface area contributed by atoms with Gasteiger partial charge in [0, 0.05) is 12.3 Å². The zero-order chi connectivity index (χ0) is 18.4. The summed E-state index contributed by atoms with van der Waals surface area (Å²) in [7, 11) is 0. The number of nitrogens with one attached hydrogen (secondary N) is 2. The number of rotatable bonds is 7. The highest BCUT2D eigenvalue weighted by atomic mass is 32.2. The molecule has 134 valence electrons. The minimum Gasteiger partial charge on any atom is -0.477 e. The fourth-order valence-corrected chi connectivity index (χ4v) is 3.82. The maximum Gasteiger partial charge on any atom is 0.341 e. The number of hydrogen-bond acceptors (Lipinski definition) is 5. The summed E-state index contributed by atoms with van der Waals surface area (Å²) in [5.74, 6) is -0.172. The van der Waals surface area contributed by atoms with Crippen LogP contribution in [-0.4, -0.2) is 28.0 Å². The Balaban J connectivity index is 2.06. The first-order chi connectivity index (χ1) is 11.9. The molecule has 3 N–H and O–H groups in total. The molecule has 0 aliphatic heterocycles. The number of carboxylic acid groups (broad SMARTS) is 1. The van der Waals surface area contributed by atoms with E-state index in [0.717, 1.165) is 17.1 Å². The number of amides is 2. The van der Waals surface area contributed by atoms with Crippen molar-refractivity contribution in [2.45, 2.75) is 31.6 Å². The maximum atomic E-state index is 11.9. The summed E-state index contributed by atoms with van der Waals surface area (Å²) < 4.78 is 4.20. The van der Waals surface area contributed by atoms with E-state index >= 15 is 0 Å². The molecule has 6 nitrogen and oxygen atoms in total. The molecule has 0 spiro atoms. The van der Waals surface area contributed by atoms with E-state index in [1.165, 1.54) is 17.3 Å². The van der Waals surface area contributed by atoms with Gasteiger partial charge in [-0.25, -0.2) is 9.59 Å². The van der Waals surface area contributed by atoms with Crippen molar-refractivity contribution in [3.63, 3.8) is 0 Å². The highest BCUT2D eigenvalue weighted by Crippen LogP contribution is 2.33. The van der Waals surface area contributed by atoms with Crippen LogP contribution < -0.4 is 10.6 Å². The second kappa shape index (κ2) is 8.87. The van der Waals surface area contributed by atoms with E-state index in [9.17, 15) is 14.7 Å². The molecule has 1 aromatic carbocycles. The van der Waals surface area contributed by atoms with Crippen molar-refractivity contribution in [2.24, 2.45) is 5.92 Å². The van der Waals surface area contributed by atoms with Crippen molar-refractivity contribution in [2.75, 3.05) is 11.9 Å². The summed E-state index contributed by atoms with van der Waals surface area (Å²) in [5, 5.41) is 15.4. The molecule has 0 aliphatic rings. The number of carbonyl (C=O) groups is 2. The minimum atomic E-state index is -1.10. The van der Waals surface area contributed by atoms with Crippen LogP contribution in [0.25, 0.3) is 0 Å². The largest absolute Gasteiger partial charge is 0.477 e. The topological polar surface area (TPSA) is 91.3 Å². The number of benzene rings is 1. The van der Waals surface area contributed by atoms with E-state index in [1.54, 1.807) is 0 Å². The molecule has 0 unspecified atom stereocenters. The number of nitrogens with zero attached hydrogens (tertiary/aromatic N) is 1. The van der Waals surface area contributed by atoms with Crippen LogP contribution >= 0.6 is 23.3 Å². The van der Waals surface area contributed by atoms with Gasteiger partial charge in [-0.05, 0) is 29.9 Å². The highest BCUT2D eigenvalue weighted by molar-refractivity contribution is 7.98. The zero-order valence-electron chi connectivity index (χ0n) is 14.3. The lowest BCUT2D eigenvalue weighted by molar-refractivity contribution is 0.0694. The third kappa shape index (κ3) is 5.75. The Labute approximate surface area is 155 Å². The normalized spacial score (nSPS) is 10.7. The van der Waals surface area contributed by atoms with Crippen LogP contribution in [0.1, 0.15) is 35.3 Å². The fourth-order valence-electron chi connectivity index (χ4n) is 1.93. The molecular formula is C17H21N3O3S2. The zero-order valence-corrected chi connectivity index (χ0v) is 16.0. The van der Waals surface area contributed by atoms with E-state index in [-0.39, 0.29) is 10.6 Å². The van der Waals surface area contributed by atoms with Gasteiger partial charge in [-0.3, -0.25) is 5.32 Å². The van der Waals surface area contributed by atoms with Crippen molar-refractivity contribution in [3.05, 3.63) is 41.0 Å². The second-order valence-corrected chi connectivity index (χ2v) is 7.74. The Bertz CT molecular complexity index is 742. The van der Waals surface area contributed by atoms with Gasteiger partial charge in [-0.15, -0.1) is 0 Å². The summed E-state index contributed by atoms with van der Waals surface area (Å²) >= 11 is 2.33. The molecule has 1 heterocycles. The Morgan fingerprint density at radius 3 is 2.56 bits per heavy atom. The Kier molecular flexibility index (Phi) is 6.83.